The van der Waals surface area contributed by atoms with E-state index in [-0.39, 0.29) is 0 Å². The van der Waals surface area contributed by atoms with Crippen LogP contribution in [0.2, 0.25) is 0 Å². The highest BCUT2D eigenvalue weighted by Crippen LogP contribution is 2.30. The number of nitrogens with one attached hydrogen (secondary N) is 1. The SMILES string of the molecule is CNCC(c1ccccn1)c1cc(Br)cs1. The quantitative estimate of drug-likeness (QED) is 0.937. The highest BCUT2D eigenvalue weighted by atomic mass is 79.9. The summed E-state index contributed by atoms with van der Waals surface area (Å²) in [6, 6.07) is 8.23. The molecule has 2 aromatic heterocycles. The lowest BCUT2D eigenvalue weighted by Crippen LogP contribution is -2.18. The van der Waals surface area contributed by atoms with Gasteiger partial charge in [0.2, 0.25) is 0 Å². The number of rotatable bonds is 4. The van der Waals surface area contributed by atoms with Crippen molar-refractivity contribution in [2.45, 2.75) is 5.92 Å². The zero-order chi connectivity index (χ0) is 11.4. The predicted octanol–water partition coefficient (Wildman–Crippen LogP) is 3.26. The summed E-state index contributed by atoms with van der Waals surface area (Å²) in [6.07, 6.45) is 1.85. The summed E-state index contributed by atoms with van der Waals surface area (Å²) < 4.78 is 1.14. The fourth-order valence-electron chi connectivity index (χ4n) is 1.65. The molecule has 0 aliphatic heterocycles. The summed E-state index contributed by atoms with van der Waals surface area (Å²) in [5, 5.41) is 5.34. The van der Waals surface area contributed by atoms with Gasteiger partial charge in [0.05, 0.1) is 0 Å². The summed E-state index contributed by atoms with van der Waals surface area (Å²) >= 11 is 5.26. The summed E-state index contributed by atoms with van der Waals surface area (Å²) in [6.45, 7) is 0.907. The zero-order valence-corrected chi connectivity index (χ0v) is 11.4. The first-order valence-corrected chi connectivity index (χ1v) is 6.78. The van der Waals surface area contributed by atoms with Crippen molar-refractivity contribution >= 4 is 27.3 Å². The molecule has 2 nitrogen and oxygen atoms in total. The first kappa shape index (κ1) is 11.8. The van der Waals surface area contributed by atoms with Crippen LogP contribution in [-0.2, 0) is 0 Å². The third-order valence-electron chi connectivity index (χ3n) is 2.38. The van der Waals surface area contributed by atoms with E-state index in [1.165, 1.54) is 4.88 Å². The van der Waals surface area contributed by atoms with Crippen molar-refractivity contribution in [1.29, 1.82) is 0 Å². The summed E-state index contributed by atoms with van der Waals surface area (Å²) in [7, 11) is 1.97. The van der Waals surface area contributed by atoms with Crippen molar-refractivity contribution in [3.8, 4) is 0 Å². The van der Waals surface area contributed by atoms with Crippen LogP contribution in [0.25, 0.3) is 0 Å². The van der Waals surface area contributed by atoms with E-state index in [2.05, 4.69) is 43.7 Å². The van der Waals surface area contributed by atoms with E-state index < -0.39 is 0 Å². The molecule has 1 atom stereocenters. The minimum Gasteiger partial charge on any atom is -0.319 e. The molecule has 0 fully saturated rings. The average molecular weight is 297 g/mol. The highest BCUT2D eigenvalue weighted by Gasteiger charge is 2.16. The van der Waals surface area contributed by atoms with Gasteiger partial charge in [-0.25, -0.2) is 0 Å². The molecule has 4 heteroatoms. The molecule has 0 aliphatic rings. The Balaban J connectivity index is 2.31. The molecule has 0 saturated carbocycles. The lowest BCUT2D eigenvalue weighted by Gasteiger charge is -2.13. The minimum absolute atomic E-state index is 0.336. The van der Waals surface area contributed by atoms with Crippen LogP contribution >= 0.6 is 27.3 Å². The molecular formula is C12H13BrN2S. The first-order chi connectivity index (χ1) is 7.81. The van der Waals surface area contributed by atoms with Gasteiger partial charge in [-0.05, 0) is 41.2 Å². The number of halogens is 1. The molecule has 0 aromatic carbocycles. The van der Waals surface area contributed by atoms with Gasteiger partial charge in [-0.2, -0.15) is 0 Å². The number of aromatic nitrogens is 1. The van der Waals surface area contributed by atoms with Gasteiger partial charge in [0.25, 0.3) is 0 Å². The van der Waals surface area contributed by atoms with Gasteiger partial charge >= 0.3 is 0 Å². The number of likely N-dealkylation sites (N-methyl/N-ethyl adjacent to an activating group) is 1. The summed E-state index contributed by atoms with van der Waals surface area (Å²) in [4.78, 5) is 5.77. The van der Waals surface area contributed by atoms with Gasteiger partial charge in [0.15, 0.2) is 0 Å². The van der Waals surface area contributed by atoms with Crippen molar-refractivity contribution in [2.24, 2.45) is 0 Å². The minimum atomic E-state index is 0.336. The van der Waals surface area contributed by atoms with Gasteiger partial charge in [-0.3, -0.25) is 4.98 Å². The number of hydrogen-bond donors (Lipinski definition) is 1. The molecule has 0 spiro atoms. The van der Waals surface area contributed by atoms with Crippen molar-refractivity contribution in [3.63, 3.8) is 0 Å². The maximum Gasteiger partial charge on any atom is 0.0499 e. The van der Waals surface area contributed by atoms with Crippen molar-refractivity contribution < 1.29 is 0 Å². The highest BCUT2D eigenvalue weighted by molar-refractivity contribution is 9.10. The second kappa shape index (κ2) is 5.57. The van der Waals surface area contributed by atoms with Crippen LogP contribution in [0.5, 0.6) is 0 Å². The fourth-order valence-corrected chi connectivity index (χ4v) is 3.21. The van der Waals surface area contributed by atoms with Crippen molar-refractivity contribution in [3.05, 3.63) is 50.9 Å². The molecule has 0 saturated heterocycles. The van der Waals surface area contributed by atoms with Crippen LogP contribution in [0, 0.1) is 0 Å². The lowest BCUT2D eigenvalue weighted by atomic mass is 10.0. The number of thiophene rings is 1. The molecule has 16 heavy (non-hydrogen) atoms. The molecule has 2 rings (SSSR count). The van der Waals surface area contributed by atoms with E-state index in [1.807, 2.05) is 25.4 Å². The smallest absolute Gasteiger partial charge is 0.0499 e. The average Bonchev–Trinajstić information content (AvgIpc) is 2.74. The molecule has 0 radical (unpaired) electrons. The Kier molecular flexibility index (Phi) is 4.09. The Morgan fingerprint density at radius 3 is 2.94 bits per heavy atom. The second-order valence-corrected chi connectivity index (χ2v) is 5.39. The molecule has 84 valence electrons. The van der Waals surface area contributed by atoms with E-state index in [9.17, 15) is 0 Å². The largest absolute Gasteiger partial charge is 0.319 e. The van der Waals surface area contributed by atoms with E-state index in [4.69, 9.17) is 0 Å². The van der Waals surface area contributed by atoms with Crippen LogP contribution in [0.4, 0.5) is 0 Å². The van der Waals surface area contributed by atoms with Gasteiger partial charge < -0.3 is 5.32 Å². The van der Waals surface area contributed by atoms with E-state index in [0.29, 0.717) is 5.92 Å². The topological polar surface area (TPSA) is 24.9 Å². The molecule has 2 aromatic rings. The van der Waals surface area contributed by atoms with Crippen LogP contribution < -0.4 is 5.32 Å². The van der Waals surface area contributed by atoms with Crippen LogP contribution in [-0.4, -0.2) is 18.6 Å². The zero-order valence-electron chi connectivity index (χ0n) is 8.98. The summed E-state index contributed by atoms with van der Waals surface area (Å²) in [5.74, 6) is 0.336. The lowest BCUT2D eigenvalue weighted by molar-refractivity contribution is 0.700. The normalized spacial score (nSPS) is 12.6. The van der Waals surface area contributed by atoms with Crippen molar-refractivity contribution in [2.75, 3.05) is 13.6 Å². The molecule has 1 N–H and O–H groups in total. The van der Waals surface area contributed by atoms with Gasteiger partial charge in [-0.1, -0.05) is 6.07 Å². The second-order valence-electron chi connectivity index (χ2n) is 3.53. The Morgan fingerprint density at radius 1 is 1.50 bits per heavy atom. The predicted molar refractivity (Wildman–Crippen MR) is 72.0 cm³/mol. The Hall–Kier alpha value is -0.710. The molecular weight excluding hydrogens is 284 g/mol. The Labute approximate surface area is 108 Å². The van der Waals surface area contributed by atoms with Gasteiger partial charge in [0, 0.05) is 39.1 Å². The van der Waals surface area contributed by atoms with E-state index >= 15 is 0 Å². The van der Waals surface area contributed by atoms with Crippen LogP contribution in [0.3, 0.4) is 0 Å². The fraction of sp³-hybridized carbons (Fsp3) is 0.250. The van der Waals surface area contributed by atoms with E-state index in [0.717, 1.165) is 16.7 Å². The number of pyridine rings is 1. The molecule has 2 heterocycles. The molecule has 1 unspecified atom stereocenters. The maximum absolute atomic E-state index is 4.43. The van der Waals surface area contributed by atoms with Gasteiger partial charge in [0.1, 0.15) is 0 Å². The van der Waals surface area contributed by atoms with Gasteiger partial charge in [-0.15, -0.1) is 11.3 Å². The van der Waals surface area contributed by atoms with Crippen molar-refractivity contribution in [1.82, 2.24) is 10.3 Å². The molecule has 0 bridgehead atoms. The standard InChI is InChI=1S/C12H13BrN2S/c1-14-7-10(11-4-2-3-5-15-11)12-6-9(13)8-16-12/h2-6,8,10,14H,7H2,1H3. The number of hydrogen-bond acceptors (Lipinski definition) is 3. The number of nitrogens with zero attached hydrogens (tertiary/aromatic N) is 1. The molecule has 0 aliphatic carbocycles. The van der Waals surface area contributed by atoms with E-state index in [1.54, 1.807) is 11.3 Å². The summed E-state index contributed by atoms with van der Waals surface area (Å²) in [5.41, 5.74) is 1.12. The first-order valence-electron chi connectivity index (χ1n) is 5.10. The van der Waals surface area contributed by atoms with Crippen LogP contribution in [0.1, 0.15) is 16.5 Å². The maximum atomic E-state index is 4.43. The third-order valence-corrected chi connectivity index (χ3v) is 4.19. The Morgan fingerprint density at radius 2 is 2.38 bits per heavy atom. The third kappa shape index (κ3) is 2.70. The molecule has 0 amide bonds. The van der Waals surface area contributed by atoms with Crippen LogP contribution in [0.15, 0.2) is 40.3 Å². The Bertz CT molecular complexity index is 441. The monoisotopic (exact) mass is 296 g/mol.